The summed E-state index contributed by atoms with van der Waals surface area (Å²) in [5.41, 5.74) is 0.354. The van der Waals surface area contributed by atoms with Crippen LogP contribution in [-0.2, 0) is 14.8 Å². The molecule has 3 aromatic rings. The van der Waals surface area contributed by atoms with E-state index in [1.165, 1.54) is 18.6 Å². The number of ether oxygens (including phenoxy) is 2. The van der Waals surface area contributed by atoms with Crippen LogP contribution in [0.3, 0.4) is 0 Å². The molecule has 0 fully saturated rings. The molecule has 1 aromatic heterocycles. The Labute approximate surface area is 155 Å². The third-order valence-corrected chi connectivity index (χ3v) is 5.82. The Kier molecular flexibility index (Phi) is 5.24. The number of rotatable bonds is 6. The van der Waals surface area contributed by atoms with Crippen molar-refractivity contribution in [2.75, 3.05) is 11.8 Å². The van der Waals surface area contributed by atoms with Crippen LogP contribution in [0.5, 0.6) is 11.5 Å². The van der Waals surface area contributed by atoms with Crippen LogP contribution in [0.15, 0.2) is 70.9 Å². The molecule has 0 saturated heterocycles. The molecular formula is C18H15NO5S2. The minimum absolute atomic E-state index is 0.0315. The van der Waals surface area contributed by atoms with E-state index in [9.17, 15) is 13.2 Å². The third-order valence-electron chi connectivity index (χ3n) is 3.37. The zero-order chi connectivity index (χ0) is 18.6. The van der Waals surface area contributed by atoms with E-state index in [1.807, 2.05) is 30.3 Å². The van der Waals surface area contributed by atoms with Gasteiger partial charge < -0.3 is 9.47 Å². The van der Waals surface area contributed by atoms with E-state index in [0.717, 1.165) is 11.3 Å². The first-order chi connectivity index (χ1) is 12.5. The number of nitrogens with one attached hydrogen (secondary N) is 1. The van der Waals surface area contributed by atoms with Crippen molar-refractivity contribution >= 4 is 33.0 Å². The smallest absolute Gasteiger partial charge is 0.349 e. The number of para-hydroxylation sites is 1. The van der Waals surface area contributed by atoms with E-state index in [4.69, 9.17) is 4.74 Å². The van der Waals surface area contributed by atoms with Gasteiger partial charge in [-0.1, -0.05) is 18.2 Å². The molecule has 1 heterocycles. The molecule has 0 atom stereocenters. The molecule has 26 heavy (non-hydrogen) atoms. The molecule has 0 saturated carbocycles. The Morgan fingerprint density at radius 3 is 2.27 bits per heavy atom. The number of hydrogen-bond acceptors (Lipinski definition) is 6. The Morgan fingerprint density at radius 2 is 1.62 bits per heavy atom. The Hall–Kier alpha value is -2.84. The fourth-order valence-electron chi connectivity index (χ4n) is 2.18. The van der Waals surface area contributed by atoms with Crippen LogP contribution in [0.25, 0.3) is 0 Å². The van der Waals surface area contributed by atoms with Crippen LogP contribution < -0.4 is 9.46 Å². The molecule has 3 rings (SSSR count). The van der Waals surface area contributed by atoms with Gasteiger partial charge in [0.25, 0.3) is 10.0 Å². The van der Waals surface area contributed by atoms with E-state index >= 15 is 0 Å². The van der Waals surface area contributed by atoms with Gasteiger partial charge in [-0.3, -0.25) is 4.72 Å². The topological polar surface area (TPSA) is 81.7 Å². The van der Waals surface area contributed by atoms with Crippen LogP contribution in [0.1, 0.15) is 9.67 Å². The standard InChI is InChI=1S/C18H15NO5S2/c1-23-18(20)17-16(11-12-25-17)26(21,22)19-13-7-9-15(10-8-13)24-14-5-3-2-4-6-14/h2-12,19H,1H3. The first kappa shape index (κ1) is 18.0. The minimum atomic E-state index is -3.91. The van der Waals surface area contributed by atoms with Crippen molar-refractivity contribution in [3.8, 4) is 11.5 Å². The average Bonchev–Trinajstić information content (AvgIpc) is 3.14. The van der Waals surface area contributed by atoms with Crippen LogP contribution >= 0.6 is 11.3 Å². The van der Waals surface area contributed by atoms with Crippen LogP contribution in [0, 0.1) is 0 Å². The second-order valence-corrected chi connectivity index (χ2v) is 7.72. The van der Waals surface area contributed by atoms with Crippen molar-refractivity contribution in [2.24, 2.45) is 0 Å². The Morgan fingerprint density at radius 1 is 0.962 bits per heavy atom. The zero-order valence-corrected chi connectivity index (χ0v) is 15.3. The largest absolute Gasteiger partial charge is 0.465 e. The molecule has 0 spiro atoms. The predicted molar refractivity (Wildman–Crippen MR) is 99.4 cm³/mol. The van der Waals surface area contributed by atoms with Gasteiger partial charge in [-0.15, -0.1) is 11.3 Å². The van der Waals surface area contributed by atoms with Gasteiger partial charge in [0.05, 0.1) is 7.11 Å². The number of sulfonamides is 1. The number of hydrogen-bond donors (Lipinski definition) is 1. The fraction of sp³-hybridized carbons (Fsp3) is 0.0556. The molecule has 0 aliphatic heterocycles. The Bertz CT molecular complexity index is 996. The molecule has 134 valence electrons. The minimum Gasteiger partial charge on any atom is -0.465 e. The van der Waals surface area contributed by atoms with E-state index in [0.29, 0.717) is 17.2 Å². The van der Waals surface area contributed by atoms with Crippen molar-refractivity contribution in [2.45, 2.75) is 4.90 Å². The second kappa shape index (κ2) is 7.59. The highest BCUT2D eigenvalue weighted by Gasteiger charge is 2.24. The van der Waals surface area contributed by atoms with Crippen LogP contribution in [0.4, 0.5) is 5.69 Å². The summed E-state index contributed by atoms with van der Waals surface area (Å²) in [4.78, 5) is 11.6. The summed E-state index contributed by atoms with van der Waals surface area (Å²) in [5.74, 6) is 0.568. The number of thiophene rings is 1. The van der Waals surface area contributed by atoms with Gasteiger partial charge in [-0.2, -0.15) is 0 Å². The number of benzene rings is 2. The van der Waals surface area contributed by atoms with Gasteiger partial charge >= 0.3 is 5.97 Å². The predicted octanol–water partition coefficient (Wildman–Crippen LogP) is 4.13. The third kappa shape index (κ3) is 4.04. The number of carbonyl (C=O) groups excluding carboxylic acids is 1. The molecule has 0 bridgehead atoms. The van der Waals surface area contributed by atoms with E-state index in [2.05, 4.69) is 9.46 Å². The second-order valence-electron chi connectivity index (χ2n) is 5.15. The zero-order valence-electron chi connectivity index (χ0n) is 13.7. The lowest BCUT2D eigenvalue weighted by Crippen LogP contribution is -2.15. The molecule has 0 unspecified atom stereocenters. The summed E-state index contributed by atoms with van der Waals surface area (Å²) in [5, 5.41) is 1.53. The quantitative estimate of drug-likeness (QED) is 0.641. The van der Waals surface area contributed by atoms with Gasteiger partial charge in [0, 0.05) is 5.69 Å². The lowest BCUT2D eigenvalue weighted by molar-refractivity contribution is 0.0602. The highest BCUT2D eigenvalue weighted by molar-refractivity contribution is 7.93. The fourth-order valence-corrected chi connectivity index (χ4v) is 4.57. The van der Waals surface area contributed by atoms with Crippen molar-refractivity contribution in [1.82, 2.24) is 0 Å². The molecule has 0 radical (unpaired) electrons. The van der Waals surface area contributed by atoms with Crippen LogP contribution in [0.2, 0.25) is 0 Å². The SMILES string of the molecule is COC(=O)c1sccc1S(=O)(=O)Nc1ccc(Oc2ccccc2)cc1. The summed E-state index contributed by atoms with van der Waals surface area (Å²) in [6, 6.07) is 17.1. The lowest BCUT2D eigenvalue weighted by atomic mass is 10.3. The monoisotopic (exact) mass is 389 g/mol. The molecule has 2 aromatic carbocycles. The van der Waals surface area contributed by atoms with Crippen LogP contribution in [-0.4, -0.2) is 21.5 Å². The molecule has 0 amide bonds. The average molecular weight is 389 g/mol. The molecular weight excluding hydrogens is 374 g/mol. The van der Waals surface area contributed by atoms with E-state index < -0.39 is 16.0 Å². The summed E-state index contributed by atoms with van der Waals surface area (Å²) < 4.78 is 37.8. The summed E-state index contributed by atoms with van der Waals surface area (Å²) in [6.45, 7) is 0. The highest BCUT2D eigenvalue weighted by Crippen LogP contribution is 2.27. The maximum absolute atomic E-state index is 12.5. The molecule has 0 aliphatic carbocycles. The van der Waals surface area contributed by atoms with E-state index in [1.54, 1.807) is 24.3 Å². The molecule has 0 aliphatic rings. The lowest BCUT2D eigenvalue weighted by Gasteiger charge is -2.10. The van der Waals surface area contributed by atoms with Crippen molar-refractivity contribution in [3.05, 3.63) is 70.9 Å². The summed E-state index contributed by atoms with van der Waals surface area (Å²) in [6.07, 6.45) is 0. The van der Waals surface area contributed by atoms with Crippen molar-refractivity contribution < 1.29 is 22.7 Å². The normalized spacial score (nSPS) is 11.0. The molecule has 6 nitrogen and oxygen atoms in total. The van der Waals surface area contributed by atoms with Crippen molar-refractivity contribution in [3.63, 3.8) is 0 Å². The molecule has 8 heteroatoms. The van der Waals surface area contributed by atoms with Gasteiger partial charge in [-0.05, 0) is 47.8 Å². The van der Waals surface area contributed by atoms with E-state index in [-0.39, 0.29) is 9.77 Å². The van der Waals surface area contributed by atoms with Gasteiger partial charge in [0.15, 0.2) is 0 Å². The number of carbonyl (C=O) groups is 1. The van der Waals surface area contributed by atoms with Crippen molar-refractivity contribution in [1.29, 1.82) is 0 Å². The summed E-state index contributed by atoms with van der Waals surface area (Å²) >= 11 is 1.01. The van der Waals surface area contributed by atoms with Gasteiger partial charge in [-0.25, -0.2) is 13.2 Å². The number of anilines is 1. The Balaban J connectivity index is 1.76. The molecule has 1 N–H and O–H groups in total. The van der Waals surface area contributed by atoms with Gasteiger partial charge in [0.2, 0.25) is 0 Å². The summed E-state index contributed by atoms with van der Waals surface area (Å²) in [7, 11) is -2.70. The highest BCUT2D eigenvalue weighted by atomic mass is 32.2. The first-order valence-electron chi connectivity index (χ1n) is 7.51. The number of esters is 1. The maximum atomic E-state index is 12.5. The maximum Gasteiger partial charge on any atom is 0.349 e. The van der Waals surface area contributed by atoms with Gasteiger partial charge in [0.1, 0.15) is 21.3 Å². The first-order valence-corrected chi connectivity index (χ1v) is 9.87. The number of methoxy groups -OCH3 is 1.